The molecule has 10 nitrogen and oxygen atoms in total. The van der Waals surface area contributed by atoms with Crippen LogP contribution in [0.4, 0.5) is 4.79 Å². The summed E-state index contributed by atoms with van der Waals surface area (Å²) in [4.78, 5) is 62.9. The van der Waals surface area contributed by atoms with E-state index in [1.165, 1.54) is 18.6 Å². The topological polar surface area (TPSA) is 116 Å². The Labute approximate surface area is 185 Å². The maximum absolute atomic E-state index is 13.0. The SMILES string of the molecule is Cc1ccc(C2(C)NC(=O)N(CC(=O)N3CCN(C(=O)c4cnccn4)CC3)C2=O)cc1. The number of imide groups is 1. The number of benzene rings is 1. The van der Waals surface area contributed by atoms with E-state index in [2.05, 4.69) is 15.3 Å². The highest BCUT2D eigenvalue weighted by Crippen LogP contribution is 2.29. The number of carbonyl (C=O) groups is 4. The molecule has 0 spiro atoms. The Balaban J connectivity index is 1.37. The Morgan fingerprint density at radius 1 is 1.03 bits per heavy atom. The van der Waals surface area contributed by atoms with Crippen molar-refractivity contribution in [1.82, 2.24) is 30.0 Å². The normalized spacial score (nSPS) is 21.0. The number of hydrogen-bond donors (Lipinski definition) is 1. The minimum Gasteiger partial charge on any atom is -0.338 e. The van der Waals surface area contributed by atoms with Crippen molar-refractivity contribution in [2.45, 2.75) is 19.4 Å². The van der Waals surface area contributed by atoms with E-state index in [0.717, 1.165) is 10.5 Å². The quantitative estimate of drug-likeness (QED) is 0.700. The van der Waals surface area contributed by atoms with E-state index in [0.29, 0.717) is 31.7 Å². The van der Waals surface area contributed by atoms with Gasteiger partial charge in [-0.2, -0.15) is 0 Å². The summed E-state index contributed by atoms with van der Waals surface area (Å²) in [6.45, 7) is 4.52. The molecule has 5 amide bonds. The first kappa shape index (κ1) is 21.4. The third-order valence-corrected chi connectivity index (χ3v) is 5.90. The van der Waals surface area contributed by atoms with Gasteiger partial charge in [0.25, 0.3) is 11.8 Å². The van der Waals surface area contributed by atoms with Crippen molar-refractivity contribution >= 4 is 23.8 Å². The second-order valence-electron chi connectivity index (χ2n) is 8.08. The fourth-order valence-corrected chi connectivity index (χ4v) is 3.89. The van der Waals surface area contributed by atoms with Gasteiger partial charge in [0, 0.05) is 38.6 Å². The summed E-state index contributed by atoms with van der Waals surface area (Å²) in [5.74, 6) is -1.04. The lowest BCUT2D eigenvalue weighted by Crippen LogP contribution is -2.53. The molecule has 166 valence electrons. The van der Waals surface area contributed by atoms with Gasteiger partial charge in [-0.3, -0.25) is 24.3 Å². The van der Waals surface area contributed by atoms with Crippen molar-refractivity contribution in [1.29, 1.82) is 0 Å². The first-order chi connectivity index (χ1) is 15.3. The van der Waals surface area contributed by atoms with Crippen LogP contribution in [-0.2, 0) is 15.1 Å². The number of nitrogens with one attached hydrogen (secondary N) is 1. The summed E-state index contributed by atoms with van der Waals surface area (Å²) in [6, 6.07) is 6.74. The predicted octanol–water partition coefficient (Wildman–Crippen LogP) is 0.537. The van der Waals surface area contributed by atoms with Gasteiger partial charge in [0.05, 0.1) is 6.20 Å². The van der Waals surface area contributed by atoms with E-state index in [9.17, 15) is 19.2 Å². The molecule has 1 unspecified atom stereocenters. The second kappa shape index (κ2) is 8.37. The summed E-state index contributed by atoms with van der Waals surface area (Å²) in [6.07, 6.45) is 4.35. The Bertz CT molecular complexity index is 1050. The lowest BCUT2D eigenvalue weighted by molar-refractivity contribution is -0.139. The summed E-state index contributed by atoms with van der Waals surface area (Å²) in [7, 11) is 0. The molecule has 2 aliphatic rings. The van der Waals surface area contributed by atoms with Gasteiger partial charge >= 0.3 is 6.03 Å². The molecule has 0 radical (unpaired) electrons. The smallest absolute Gasteiger partial charge is 0.325 e. The fraction of sp³-hybridized carbons (Fsp3) is 0.364. The Hall–Kier alpha value is -3.82. The molecular formula is C22H24N6O4. The van der Waals surface area contributed by atoms with E-state index in [1.807, 2.05) is 19.1 Å². The largest absolute Gasteiger partial charge is 0.338 e. The Kier molecular flexibility index (Phi) is 5.60. The number of aryl methyl sites for hydroxylation is 1. The van der Waals surface area contributed by atoms with Crippen LogP contribution < -0.4 is 5.32 Å². The van der Waals surface area contributed by atoms with Gasteiger partial charge in [0.1, 0.15) is 17.8 Å². The Morgan fingerprint density at radius 3 is 2.31 bits per heavy atom. The van der Waals surface area contributed by atoms with Gasteiger partial charge in [-0.05, 0) is 19.4 Å². The molecule has 10 heteroatoms. The monoisotopic (exact) mass is 436 g/mol. The number of aromatic nitrogens is 2. The second-order valence-corrected chi connectivity index (χ2v) is 8.08. The Morgan fingerprint density at radius 2 is 1.69 bits per heavy atom. The predicted molar refractivity (Wildman–Crippen MR) is 113 cm³/mol. The highest BCUT2D eigenvalue weighted by Gasteiger charge is 2.49. The maximum Gasteiger partial charge on any atom is 0.325 e. The van der Waals surface area contributed by atoms with Crippen LogP contribution in [0.3, 0.4) is 0 Å². The van der Waals surface area contributed by atoms with Gasteiger partial charge in [-0.1, -0.05) is 29.8 Å². The molecule has 1 atom stereocenters. The molecule has 2 aromatic rings. The van der Waals surface area contributed by atoms with Crippen molar-refractivity contribution in [2.24, 2.45) is 0 Å². The van der Waals surface area contributed by atoms with E-state index in [4.69, 9.17) is 0 Å². The zero-order chi connectivity index (χ0) is 22.9. The van der Waals surface area contributed by atoms with Crippen LogP contribution in [0, 0.1) is 6.92 Å². The van der Waals surface area contributed by atoms with Crippen LogP contribution in [0.2, 0.25) is 0 Å². The highest BCUT2D eigenvalue weighted by molar-refractivity contribution is 6.09. The summed E-state index contributed by atoms with van der Waals surface area (Å²) < 4.78 is 0. The number of rotatable bonds is 4. The molecule has 4 rings (SSSR count). The fourth-order valence-electron chi connectivity index (χ4n) is 3.89. The average Bonchev–Trinajstić information content (AvgIpc) is 3.03. The van der Waals surface area contributed by atoms with E-state index < -0.39 is 17.5 Å². The lowest BCUT2D eigenvalue weighted by Gasteiger charge is -2.35. The standard InChI is InChI=1S/C22H24N6O4/c1-15-3-5-16(6-4-15)22(2)20(31)28(21(32)25-22)14-18(29)26-9-11-27(12-10-26)19(30)17-13-23-7-8-24-17/h3-8,13H,9-12,14H2,1-2H3,(H,25,32). The molecule has 1 aromatic carbocycles. The van der Waals surface area contributed by atoms with E-state index in [1.54, 1.807) is 28.9 Å². The molecular weight excluding hydrogens is 412 g/mol. The molecule has 0 aliphatic carbocycles. The molecule has 32 heavy (non-hydrogen) atoms. The van der Waals surface area contributed by atoms with Crippen molar-refractivity contribution in [2.75, 3.05) is 32.7 Å². The zero-order valence-electron chi connectivity index (χ0n) is 17.9. The molecule has 2 fully saturated rings. The number of urea groups is 1. The van der Waals surface area contributed by atoms with Crippen molar-refractivity contribution < 1.29 is 19.2 Å². The molecule has 2 aliphatic heterocycles. The third kappa shape index (κ3) is 3.91. The number of piperazine rings is 1. The van der Waals surface area contributed by atoms with Crippen molar-refractivity contribution in [3.8, 4) is 0 Å². The van der Waals surface area contributed by atoms with Crippen LogP contribution in [-0.4, -0.2) is 81.1 Å². The number of carbonyl (C=O) groups excluding carboxylic acids is 4. The lowest BCUT2D eigenvalue weighted by atomic mass is 9.91. The van der Waals surface area contributed by atoms with E-state index in [-0.39, 0.29) is 24.1 Å². The maximum atomic E-state index is 13.0. The number of amides is 5. The molecule has 3 heterocycles. The first-order valence-electron chi connectivity index (χ1n) is 10.3. The van der Waals surface area contributed by atoms with Crippen LogP contribution in [0.25, 0.3) is 0 Å². The van der Waals surface area contributed by atoms with Gasteiger partial charge in [-0.25, -0.2) is 9.78 Å². The number of nitrogens with zero attached hydrogens (tertiary/aromatic N) is 5. The summed E-state index contributed by atoms with van der Waals surface area (Å²) >= 11 is 0. The van der Waals surface area contributed by atoms with Crippen LogP contribution in [0.15, 0.2) is 42.9 Å². The average molecular weight is 436 g/mol. The molecule has 0 saturated carbocycles. The molecule has 1 aromatic heterocycles. The van der Waals surface area contributed by atoms with Gasteiger partial charge in [0.2, 0.25) is 5.91 Å². The van der Waals surface area contributed by atoms with Crippen LogP contribution in [0.1, 0.15) is 28.5 Å². The molecule has 1 N–H and O–H groups in total. The van der Waals surface area contributed by atoms with Gasteiger partial charge < -0.3 is 15.1 Å². The molecule has 0 bridgehead atoms. The van der Waals surface area contributed by atoms with Gasteiger partial charge in [0.15, 0.2) is 0 Å². The zero-order valence-corrected chi connectivity index (χ0v) is 17.9. The summed E-state index contributed by atoms with van der Waals surface area (Å²) in [5.41, 5.74) is 0.736. The van der Waals surface area contributed by atoms with Crippen LogP contribution >= 0.6 is 0 Å². The number of hydrogen-bond acceptors (Lipinski definition) is 6. The van der Waals surface area contributed by atoms with Crippen molar-refractivity contribution in [3.05, 3.63) is 59.7 Å². The minimum absolute atomic E-state index is 0.242. The third-order valence-electron chi connectivity index (χ3n) is 5.90. The highest BCUT2D eigenvalue weighted by atomic mass is 16.2. The first-order valence-corrected chi connectivity index (χ1v) is 10.3. The minimum atomic E-state index is -1.22. The van der Waals surface area contributed by atoms with Gasteiger partial charge in [-0.15, -0.1) is 0 Å². The van der Waals surface area contributed by atoms with E-state index >= 15 is 0 Å². The van der Waals surface area contributed by atoms with Crippen molar-refractivity contribution in [3.63, 3.8) is 0 Å². The molecule has 2 saturated heterocycles. The van der Waals surface area contributed by atoms with Crippen LogP contribution in [0.5, 0.6) is 0 Å². The summed E-state index contributed by atoms with van der Waals surface area (Å²) in [5, 5.41) is 2.72.